The minimum absolute atomic E-state index is 0.0299. The molecule has 0 aromatic rings. The second kappa shape index (κ2) is 22.8. The second-order valence-corrected chi connectivity index (χ2v) is 12.6. The fraction of sp³-hybridized carbons (Fsp3) is 0.929. The van der Waals surface area contributed by atoms with Crippen LogP contribution < -0.4 is 4.89 Å². The van der Waals surface area contributed by atoms with Gasteiger partial charge < -0.3 is 27.9 Å². The Morgan fingerprint density at radius 1 is 0.763 bits per heavy atom. The van der Waals surface area contributed by atoms with E-state index in [1.165, 1.54) is 84.0 Å². The Labute approximate surface area is 232 Å². The SMILES string of the molecule is CCCCCCCCCCCCCCCCCC(=O)O[C@H](COC(C)=O)COP(=O)([O-])OCC[N+](C)(C)C. The van der Waals surface area contributed by atoms with Gasteiger partial charge in [-0.3, -0.25) is 14.2 Å². The summed E-state index contributed by atoms with van der Waals surface area (Å²) in [6, 6.07) is 0. The highest BCUT2D eigenvalue weighted by atomic mass is 31.2. The number of hydrogen-bond donors (Lipinski definition) is 0. The maximum atomic E-state index is 12.2. The van der Waals surface area contributed by atoms with Crippen molar-refractivity contribution in [3.63, 3.8) is 0 Å². The molecule has 0 aliphatic rings. The average Bonchev–Trinajstić information content (AvgIpc) is 2.82. The van der Waals surface area contributed by atoms with Crippen molar-refractivity contribution in [2.45, 2.75) is 123 Å². The van der Waals surface area contributed by atoms with E-state index in [0.717, 1.165) is 12.8 Å². The fourth-order valence-corrected chi connectivity index (χ4v) is 4.58. The van der Waals surface area contributed by atoms with Gasteiger partial charge in [0.25, 0.3) is 7.82 Å². The number of carbonyl (C=O) groups is 2. The first-order valence-electron chi connectivity index (χ1n) is 14.7. The van der Waals surface area contributed by atoms with Crippen molar-refractivity contribution < 1.29 is 42.1 Å². The van der Waals surface area contributed by atoms with Crippen LogP contribution in [0.4, 0.5) is 0 Å². The summed E-state index contributed by atoms with van der Waals surface area (Å²) in [6.45, 7) is 3.17. The third-order valence-electron chi connectivity index (χ3n) is 6.19. The lowest BCUT2D eigenvalue weighted by molar-refractivity contribution is -0.870. The molecule has 1 unspecified atom stereocenters. The maximum absolute atomic E-state index is 12.2. The molecule has 0 saturated heterocycles. The van der Waals surface area contributed by atoms with E-state index in [2.05, 4.69) is 6.92 Å². The molecule has 0 aromatic carbocycles. The lowest BCUT2D eigenvalue weighted by Crippen LogP contribution is -2.37. The average molecular weight is 566 g/mol. The Balaban J connectivity index is 3.99. The molecule has 0 aliphatic heterocycles. The number of hydrogen-bond acceptors (Lipinski definition) is 8. The molecule has 0 aromatic heterocycles. The summed E-state index contributed by atoms with van der Waals surface area (Å²) in [6.07, 6.45) is 17.8. The van der Waals surface area contributed by atoms with E-state index >= 15 is 0 Å². The first kappa shape index (κ1) is 37.0. The van der Waals surface area contributed by atoms with Crippen LogP contribution in [-0.4, -0.2) is 70.0 Å². The normalized spacial score (nSPS) is 14.2. The number of quaternary nitrogens is 1. The van der Waals surface area contributed by atoms with Crippen LogP contribution >= 0.6 is 7.82 Å². The minimum atomic E-state index is -4.57. The van der Waals surface area contributed by atoms with Crippen molar-refractivity contribution in [1.82, 2.24) is 0 Å². The fourth-order valence-electron chi connectivity index (χ4n) is 3.85. The van der Waals surface area contributed by atoms with Gasteiger partial charge in [0.15, 0.2) is 6.10 Å². The number of ether oxygens (including phenoxy) is 2. The molecule has 0 saturated carbocycles. The molecule has 38 heavy (non-hydrogen) atoms. The number of rotatable bonds is 26. The zero-order valence-corrected chi connectivity index (χ0v) is 25.8. The maximum Gasteiger partial charge on any atom is 0.306 e. The molecule has 0 rings (SSSR count). The van der Waals surface area contributed by atoms with Gasteiger partial charge in [-0.05, 0) is 6.42 Å². The van der Waals surface area contributed by atoms with Crippen molar-refractivity contribution in [3.05, 3.63) is 0 Å². The third kappa shape index (κ3) is 26.6. The number of likely N-dealkylation sites (N-methyl/N-ethyl adjacent to an activating group) is 1. The monoisotopic (exact) mass is 565 g/mol. The van der Waals surface area contributed by atoms with E-state index in [0.29, 0.717) is 17.4 Å². The minimum Gasteiger partial charge on any atom is -0.756 e. The lowest BCUT2D eigenvalue weighted by Gasteiger charge is -2.28. The van der Waals surface area contributed by atoms with Gasteiger partial charge in [-0.15, -0.1) is 0 Å². The van der Waals surface area contributed by atoms with Gasteiger partial charge in [0.1, 0.15) is 19.8 Å². The number of carbonyl (C=O) groups excluding carboxylic acids is 2. The number of unbranched alkanes of at least 4 members (excludes halogenated alkanes) is 14. The predicted octanol–water partition coefficient (Wildman–Crippen LogP) is 5.93. The molecule has 0 heterocycles. The van der Waals surface area contributed by atoms with Crippen LogP contribution in [0.15, 0.2) is 0 Å². The summed E-state index contributed by atoms with van der Waals surface area (Å²) in [4.78, 5) is 35.4. The van der Waals surface area contributed by atoms with Gasteiger partial charge in [0.05, 0.1) is 27.7 Å². The Morgan fingerprint density at radius 3 is 1.68 bits per heavy atom. The summed E-state index contributed by atoms with van der Waals surface area (Å²) in [5.74, 6) is -1.02. The van der Waals surface area contributed by atoms with Gasteiger partial charge in [-0.1, -0.05) is 96.8 Å². The quantitative estimate of drug-likeness (QED) is 0.0549. The van der Waals surface area contributed by atoms with Crippen LogP contribution in [0.5, 0.6) is 0 Å². The number of esters is 2. The summed E-state index contributed by atoms with van der Waals surface area (Å²) in [5.41, 5.74) is 0. The van der Waals surface area contributed by atoms with Crippen molar-refractivity contribution in [3.8, 4) is 0 Å². The largest absolute Gasteiger partial charge is 0.756 e. The Kier molecular flexibility index (Phi) is 22.2. The summed E-state index contributed by atoms with van der Waals surface area (Å²) in [7, 11) is 1.16. The first-order chi connectivity index (χ1) is 17.9. The molecule has 0 spiro atoms. The lowest BCUT2D eigenvalue weighted by atomic mass is 10.0. The van der Waals surface area contributed by atoms with Crippen LogP contribution in [0, 0.1) is 0 Å². The van der Waals surface area contributed by atoms with E-state index in [1.807, 2.05) is 21.1 Å². The first-order valence-corrected chi connectivity index (χ1v) is 16.1. The summed E-state index contributed by atoms with van der Waals surface area (Å²) < 4.78 is 32.5. The molecular weight excluding hydrogens is 509 g/mol. The van der Waals surface area contributed by atoms with E-state index in [1.54, 1.807) is 0 Å². The zero-order chi connectivity index (χ0) is 28.7. The Morgan fingerprint density at radius 2 is 1.24 bits per heavy atom. The van der Waals surface area contributed by atoms with Gasteiger partial charge >= 0.3 is 11.9 Å². The smallest absolute Gasteiger partial charge is 0.306 e. The topological polar surface area (TPSA) is 111 Å². The Bertz CT molecular complexity index is 653. The van der Waals surface area contributed by atoms with Gasteiger partial charge in [0.2, 0.25) is 0 Å². The number of nitrogens with zero attached hydrogens (tertiary/aromatic N) is 1. The molecule has 0 radical (unpaired) electrons. The molecule has 0 amide bonds. The van der Waals surface area contributed by atoms with Crippen LogP contribution in [-0.2, 0) is 32.7 Å². The standard InChI is InChI=1S/C28H56NO8P/c1-6-7-8-9-10-11-12-13-14-15-16-17-18-19-20-21-28(31)37-27(24-34-26(2)30)25-36-38(32,33)35-23-22-29(3,4)5/h27H,6-25H2,1-5H3/t27-/m1/s1. The summed E-state index contributed by atoms with van der Waals surface area (Å²) in [5, 5.41) is 0. The molecule has 2 atom stereocenters. The highest BCUT2D eigenvalue weighted by Crippen LogP contribution is 2.38. The van der Waals surface area contributed by atoms with Crippen LogP contribution in [0.25, 0.3) is 0 Å². The predicted molar refractivity (Wildman–Crippen MR) is 148 cm³/mol. The highest BCUT2D eigenvalue weighted by Gasteiger charge is 2.21. The van der Waals surface area contributed by atoms with Crippen molar-refractivity contribution in [1.29, 1.82) is 0 Å². The van der Waals surface area contributed by atoms with E-state index in [9.17, 15) is 19.0 Å². The van der Waals surface area contributed by atoms with E-state index < -0.39 is 32.5 Å². The molecule has 0 bridgehead atoms. The number of phosphoric acid groups is 1. The second-order valence-electron chi connectivity index (χ2n) is 11.2. The Hall–Kier alpha value is -0.990. The molecule has 0 aliphatic carbocycles. The van der Waals surface area contributed by atoms with Crippen LogP contribution in [0.3, 0.4) is 0 Å². The van der Waals surface area contributed by atoms with Gasteiger partial charge in [-0.2, -0.15) is 0 Å². The highest BCUT2D eigenvalue weighted by molar-refractivity contribution is 7.45. The van der Waals surface area contributed by atoms with E-state index in [4.69, 9.17) is 18.5 Å². The van der Waals surface area contributed by atoms with Crippen molar-refractivity contribution >= 4 is 19.8 Å². The zero-order valence-electron chi connectivity index (χ0n) is 24.9. The molecule has 9 nitrogen and oxygen atoms in total. The number of phosphoric ester groups is 1. The van der Waals surface area contributed by atoms with Crippen molar-refractivity contribution in [2.75, 3.05) is 47.5 Å². The van der Waals surface area contributed by atoms with Gasteiger partial charge in [-0.25, -0.2) is 0 Å². The van der Waals surface area contributed by atoms with Crippen LogP contribution in [0.1, 0.15) is 117 Å². The third-order valence-corrected chi connectivity index (χ3v) is 7.15. The molecule has 10 heteroatoms. The molecule has 226 valence electrons. The van der Waals surface area contributed by atoms with Gasteiger partial charge in [0, 0.05) is 13.3 Å². The van der Waals surface area contributed by atoms with Crippen LogP contribution in [0.2, 0.25) is 0 Å². The van der Waals surface area contributed by atoms with Crippen molar-refractivity contribution in [2.24, 2.45) is 0 Å². The molecular formula is C28H56NO8P. The summed E-state index contributed by atoms with van der Waals surface area (Å²) >= 11 is 0. The molecule has 0 N–H and O–H groups in total. The molecule has 0 fully saturated rings. The van der Waals surface area contributed by atoms with E-state index in [-0.39, 0.29) is 19.6 Å².